The zero-order valence-corrected chi connectivity index (χ0v) is 12.2. The Morgan fingerprint density at radius 1 is 1.32 bits per heavy atom. The molecule has 1 aromatic rings. The molecule has 0 bridgehead atoms. The molecule has 0 radical (unpaired) electrons. The molecule has 1 rings (SSSR count). The number of ether oxygens (including phenoxy) is 1. The van der Waals surface area contributed by atoms with E-state index in [1.165, 1.54) is 12.1 Å². The van der Waals surface area contributed by atoms with Crippen molar-refractivity contribution in [3.63, 3.8) is 0 Å². The molecule has 5 nitrogen and oxygen atoms in total. The van der Waals surface area contributed by atoms with Crippen molar-refractivity contribution in [2.45, 2.75) is 24.7 Å². The topological polar surface area (TPSA) is 81.4 Å². The summed E-state index contributed by atoms with van der Waals surface area (Å²) in [7, 11) is -1.88. The van der Waals surface area contributed by atoms with Gasteiger partial charge in [-0.3, -0.25) is 0 Å². The van der Waals surface area contributed by atoms with Crippen molar-refractivity contribution in [1.82, 2.24) is 4.72 Å². The van der Waals surface area contributed by atoms with Gasteiger partial charge in [-0.05, 0) is 49.6 Å². The van der Waals surface area contributed by atoms with Gasteiger partial charge in [-0.15, -0.1) is 0 Å². The van der Waals surface area contributed by atoms with Crippen molar-refractivity contribution < 1.29 is 13.2 Å². The molecule has 3 N–H and O–H groups in total. The van der Waals surface area contributed by atoms with Crippen LogP contribution in [-0.2, 0) is 10.0 Å². The normalized spacial score (nSPS) is 13.2. The van der Waals surface area contributed by atoms with Crippen molar-refractivity contribution in [3.05, 3.63) is 24.3 Å². The molecule has 1 atom stereocenters. The average Bonchev–Trinajstić information content (AvgIpc) is 2.43. The standard InChI is InChI=1S/C13H22N2O3S/c1-11(10-14)4-3-9-15-19(16,17)13-7-5-12(18-2)6-8-13/h5-8,11,15H,3-4,9-10,14H2,1-2H3. The summed E-state index contributed by atoms with van der Waals surface area (Å²) in [6, 6.07) is 6.32. The van der Waals surface area contributed by atoms with Gasteiger partial charge >= 0.3 is 0 Å². The van der Waals surface area contributed by atoms with Gasteiger partial charge in [-0.2, -0.15) is 0 Å². The Kier molecular flexibility index (Phi) is 6.27. The number of methoxy groups -OCH3 is 1. The summed E-state index contributed by atoms with van der Waals surface area (Å²) in [5.74, 6) is 1.06. The molecule has 19 heavy (non-hydrogen) atoms. The maximum absolute atomic E-state index is 12.0. The summed E-state index contributed by atoms with van der Waals surface area (Å²) < 4.78 is 31.5. The second-order valence-corrected chi connectivity index (χ2v) is 6.32. The van der Waals surface area contributed by atoms with Gasteiger partial charge in [-0.1, -0.05) is 6.92 Å². The molecule has 0 fully saturated rings. The second kappa shape index (κ2) is 7.47. The monoisotopic (exact) mass is 286 g/mol. The fourth-order valence-electron chi connectivity index (χ4n) is 1.61. The van der Waals surface area contributed by atoms with Crippen LogP contribution in [0.3, 0.4) is 0 Å². The molecule has 0 saturated carbocycles. The van der Waals surface area contributed by atoms with E-state index in [1.54, 1.807) is 19.2 Å². The molecular weight excluding hydrogens is 264 g/mol. The highest BCUT2D eigenvalue weighted by Crippen LogP contribution is 2.15. The van der Waals surface area contributed by atoms with Crippen LogP contribution < -0.4 is 15.2 Å². The van der Waals surface area contributed by atoms with E-state index in [2.05, 4.69) is 11.6 Å². The van der Waals surface area contributed by atoms with Crippen LogP contribution in [0.15, 0.2) is 29.2 Å². The lowest BCUT2D eigenvalue weighted by molar-refractivity contribution is 0.414. The lowest BCUT2D eigenvalue weighted by Gasteiger charge is -2.09. The molecule has 0 heterocycles. The predicted octanol–water partition coefficient (Wildman–Crippen LogP) is 1.35. The Hall–Kier alpha value is -1.11. The van der Waals surface area contributed by atoms with Gasteiger partial charge in [0.05, 0.1) is 12.0 Å². The molecule has 0 aromatic heterocycles. The Balaban J connectivity index is 2.51. The Morgan fingerprint density at radius 2 is 1.95 bits per heavy atom. The van der Waals surface area contributed by atoms with Crippen LogP contribution in [-0.4, -0.2) is 28.6 Å². The van der Waals surface area contributed by atoms with E-state index in [4.69, 9.17) is 10.5 Å². The third-order valence-corrected chi connectivity index (χ3v) is 4.41. The number of nitrogens with two attached hydrogens (primary N) is 1. The SMILES string of the molecule is COc1ccc(S(=O)(=O)NCCCC(C)CN)cc1. The first-order valence-corrected chi connectivity index (χ1v) is 7.81. The van der Waals surface area contributed by atoms with E-state index in [0.717, 1.165) is 12.8 Å². The first-order valence-electron chi connectivity index (χ1n) is 6.33. The highest BCUT2D eigenvalue weighted by Gasteiger charge is 2.13. The largest absolute Gasteiger partial charge is 0.497 e. The molecule has 0 spiro atoms. The molecule has 1 unspecified atom stereocenters. The number of sulfonamides is 1. The number of rotatable bonds is 8. The van der Waals surface area contributed by atoms with Crippen molar-refractivity contribution >= 4 is 10.0 Å². The first-order chi connectivity index (χ1) is 8.99. The maximum atomic E-state index is 12.0. The van der Waals surface area contributed by atoms with Gasteiger partial charge < -0.3 is 10.5 Å². The van der Waals surface area contributed by atoms with E-state index in [0.29, 0.717) is 24.8 Å². The van der Waals surface area contributed by atoms with Gasteiger partial charge in [0.2, 0.25) is 10.0 Å². The van der Waals surface area contributed by atoms with Crippen LogP contribution >= 0.6 is 0 Å². The highest BCUT2D eigenvalue weighted by molar-refractivity contribution is 7.89. The lowest BCUT2D eigenvalue weighted by Crippen LogP contribution is -2.25. The van der Waals surface area contributed by atoms with Crippen LogP contribution in [0.5, 0.6) is 5.75 Å². The van der Waals surface area contributed by atoms with E-state index in [-0.39, 0.29) is 4.90 Å². The van der Waals surface area contributed by atoms with Gasteiger partial charge in [0, 0.05) is 6.54 Å². The zero-order valence-electron chi connectivity index (χ0n) is 11.4. The van der Waals surface area contributed by atoms with Gasteiger partial charge in [0.25, 0.3) is 0 Å². The van der Waals surface area contributed by atoms with E-state index in [1.807, 2.05) is 0 Å². The van der Waals surface area contributed by atoms with E-state index in [9.17, 15) is 8.42 Å². The third-order valence-electron chi connectivity index (χ3n) is 2.94. The molecule has 0 aliphatic rings. The number of benzene rings is 1. The Bertz CT molecular complexity index is 471. The molecular formula is C13H22N2O3S. The zero-order chi connectivity index (χ0) is 14.3. The van der Waals surface area contributed by atoms with E-state index >= 15 is 0 Å². The lowest BCUT2D eigenvalue weighted by atomic mass is 10.1. The van der Waals surface area contributed by atoms with Crippen molar-refractivity contribution in [3.8, 4) is 5.75 Å². The van der Waals surface area contributed by atoms with Gasteiger partial charge in [-0.25, -0.2) is 13.1 Å². The second-order valence-electron chi connectivity index (χ2n) is 4.56. The molecule has 0 aliphatic carbocycles. The van der Waals surface area contributed by atoms with Crippen LogP contribution in [0.4, 0.5) is 0 Å². The first kappa shape index (κ1) is 15.9. The summed E-state index contributed by atoms with van der Waals surface area (Å²) in [5.41, 5.74) is 5.51. The molecule has 108 valence electrons. The maximum Gasteiger partial charge on any atom is 0.240 e. The minimum absolute atomic E-state index is 0.250. The number of nitrogens with one attached hydrogen (secondary N) is 1. The quantitative estimate of drug-likeness (QED) is 0.707. The predicted molar refractivity (Wildman–Crippen MR) is 75.6 cm³/mol. The van der Waals surface area contributed by atoms with Gasteiger partial charge in [0.15, 0.2) is 0 Å². The van der Waals surface area contributed by atoms with Crippen LogP contribution in [0.2, 0.25) is 0 Å². The minimum atomic E-state index is -3.43. The van der Waals surface area contributed by atoms with Crippen LogP contribution in [0.25, 0.3) is 0 Å². The summed E-state index contributed by atoms with van der Waals surface area (Å²) in [6.07, 6.45) is 1.70. The molecule has 0 aliphatic heterocycles. The molecule has 1 aromatic carbocycles. The average molecular weight is 286 g/mol. The van der Waals surface area contributed by atoms with E-state index < -0.39 is 10.0 Å². The van der Waals surface area contributed by atoms with Crippen molar-refractivity contribution in [2.75, 3.05) is 20.2 Å². The molecule has 0 amide bonds. The van der Waals surface area contributed by atoms with Crippen molar-refractivity contribution in [1.29, 1.82) is 0 Å². The number of hydrogen-bond donors (Lipinski definition) is 2. The molecule has 6 heteroatoms. The fraction of sp³-hybridized carbons (Fsp3) is 0.538. The smallest absolute Gasteiger partial charge is 0.240 e. The Morgan fingerprint density at radius 3 is 2.47 bits per heavy atom. The summed E-state index contributed by atoms with van der Waals surface area (Å²) in [5, 5.41) is 0. The highest BCUT2D eigenvalue weighted by atomic mass is 32.2. The van der Waals surface area contributed by atoms with Crippen LogP contribution in [0.1, 0.15) is 19.8 Å². The Labute approximate surface area is 115 Å². The van der Waals surface area contributed by atoms with Crippen LogP contribution in [0, 0.1) is 5.92 Å². The summed E-state index contributed by atoms with van der Waals surface area (Å²) >= 11 is 0. The van der Waals surface area contributed by atoms with Gasteiger partial charge in [0.1, 0.15) is 5.75 Å². The fourth-order valence-corrected chi connectivity index (χ4v) is 2.69. The van der Waals surface area contributed by atoms with Crippen molar-refractivity contribution in [2.24, 2.45) is 11.7 Å². The minimum Gasteiger partial charge on any atom is -0.497 e. The number of hydrogen-bond acceptors (Lipinski definition) is 4. The summed E-state index contributed by atoms with van der Waals surface area (Å²) in [4.78, 5) is 0.250. The third kappa shape index (κ3) is 5.18. The molecule has 0 saturated heterocycles. The summed E-state index contributed by atoms with van der Waals surface area (Å²) in [6.45, 7) is 3.11.